The lowest BCUT2D eigenvalue weighted by Crippen LogP contribution is -2.25. The molecule has 5 rings (SSSR count). The number of carbonyl (C=O) groups excluding carboxylic acids is 1. The predicted molar refractivity (Wildman–Crippen MR) is 133 cm³/mol. The summed E-state index contributed by atoms with van der Waals surface area (Å²) in [5.74, 6) is -1.92. The molecule has 1 heterocycles. The Morgan fingerprint density at radius 2 is 1.61 bits per heavy atom. The smallest absolute Gasteiger partial charge is 0.307 e. The number of nitrogens with one attached hydrogen (secondary N) is 1. The molecular weight excluding hydrogens is 456 g/mol. The normalized spacial score (nSPS) is 17.8. The van der Waals surface area contributed by atoms with Crippen molar-refractivity contribution in [2.75, 3.05) is 5.32 Å². The van der Waals surface area contributed by atoms with E-state index < -0.39 is 17.8 Å². The Morgan fingerprint density at radius 3 is 2.30 bits per heavy atom. The molecular formula is C26H21ClN2O3S. The molecule has 0 saturated heterocycles. The van der Waals surface area contributed by atoms with Crippen LogP contribution in [0.2, 0.25) is 5.02 Å². The molecule has 0 aliphatic heterocycles. The van der Waals surface area contributed by atoms with Crippen LogP contribution in [0.15, 0.2) is 66.7 Å². The largest absolute Gasteiger partial charge is 0.481 e. The lowest BCUT2D eigenvalue weighted by molar-refractivity contribution is -0.142. The number of hydrogen-bond acceptors (Lipinski definition) is 5. The zero-order valence-corrected chi connectivity index (χ0v) is 19.2. The Morgan fingerprint density at radius 1 is 0.939 bits per heavy atom. The van der Waals surface area contributed by atoms with Crippen molar-refractivity contribution >= 4 is 55.7 Å². The van der Waals surface area contributed by atoms with Gasteiger partial charge in [0.05, 0.1) is 16.1 Å². The molecule has 7 heteroatoms. The average molecular weight is 477 g/mol. The zero-order valence-electron chi connectivity index (χ0n) is 17.6. The Bertz CT molecular complexity index is 1330. The summed E-state index contributed by atoms with van der Waals surface area (Å²) in [5, 5.41) is 14.2. The number of carboxylic acid groups (broad SMARTS) is 1. The number of aliphatic carboxylic acids is 1. The van der Waals surface area contributed by atoms with Crippen LogP contribution in [-0.2, 0) is 4.79 Å². The summed E-state index contributed by atoms with van der Waals surface area (Å²) < 4.78 is 1.03. The summed E-state index contributed by atoms with van der Waals surface area (Å²) in [4.78, 5) is 28.8. The third-order valence-corrected chi connectivity index (χ3v) is 7.33. The van der Waals surface area contributed by atoms with Crippen LogP contribution in [0.3, 0.4) is 0 Å². The summed E-state index contributed by atoms with van der Waals surface area (Å²) in [6, 6.07) is 21.1. The molecule has 2 N–H and O–H groups in total. The van der Waals surface area contributed by atoms with Gasteiger partial charge in [0.1, 0.15) is 0 Å². The van der Waals surface area contributed by atoms with Crippen LogP contribution in [0.5, 0.6) is 0 Å². The van der Waals surface area contributed by atoms with Gasteiger partial charge in [0.2, 0.25) is 0 Å². The second-order valence-electron chi connectivity index (χ2n) is 8.26. The molecule has 1 unspecified atom stereocenters. The number of fused-ring (bicyclic) bond motifs is 1. The molecule has 3 aromatic carbocycles. The molecule has 1 fully saturated rings. The number of carboxylic acids is 1. The van der Waals surface area contributed by atoms with Gasteiger partial charge in [-0.2, -0.15) is 0 Å². The maximum absolute atomic E-state index is 12.8. The van der Waals surface area contributed by atoms with Gasteiger partial charge in [0.15, 0.2) is 10.9 Å². The number of halogens is 1. The van der Waals surface area contributed by atoms with Crippen molar-refractivity contribution in [3.63, 3.8) is 0 Å². The first-order chi connectivity index (χ1) is 16.0. The SMILES string of the molecule is O=C(O)C1CCC[C@H]1C(=O)c1ccc(-c2ccc(Nc3nc4ccc(Cl)cc4s3)cc2)cc1. The van der Waals surface area contributed by atoms with E-state index in [-0.39, 0.29) is 5.78 Å². The summed E-state index contributed by atoms with van der Waals surface area (Å²) >= 11 is 7.61. The number of benzene rings is 3. The highest BCUT2D eigenvalue weighted by Crippen LogP contribution is 2.35. The molecule has 1 aromatic heterocycles. The molecule has 0 radical (unpaired) electrons. The fourth-order valence-corrected chi connectivity index (χ4v) is 5.59. The highest BCUT2D eigenvalue weighted by molar-refractivity contribution is 7.22. The van der Waals surface area contributed by atoms with E-state index in [0.29, 0.717) is 23.4 Å². The Kier molecular flexibility index (Phi) is 5.87. The summed E-state index contributed by atoms with van der Waals surface area (Å²) in [7, 11) is 0. The van der Waals surface area contributed by atoms with Crippen LogP contribution < -0.4 is 5.32 Å². The summed E-state index contributed by atoms with van der Waals surface area (Å²) in [6.45, 7) is 0. The minimum Gasteiger partial charge on any atom is -0.481 e. The number of Topliss-reactive ketones (excluding diaryl/α,β-unsaturated/α-hetero) is 1. The number of hydrogen-bond donors (Lipinski definition) is 2. The number of anilines is 2. The minimum atomic E-state index is -0.870. The molecule has 0 amide bonds. The number of thiazole rings is 1. The first-order valence-electron chi connectivity index (χ1n) is 10.8. The molecule has 0 bridgehead atoms. The van der Waals surface area contributed by atoms with Crippen molar-refractivity contribution in [3.05, 3.63) is 77.3 Å². The van der Waals surface area contributed by atoms with Gasteiger partial charge in [-0.05, 0) is 54.3 Å². The van der Waals surface area contributed by atoms with Crippen molar-refractivity contribution in [3.8, 4) is 11.1 Å². The van der Waals surface area contributed by atoms with E-state index in [2.05, 4.69) is 10.3 Å². The molecule has 166 valence electrons. The maximum atomic E-state index is 12.8. The molecule has 0 spiro atoms. The molecule has 33 heavy (non-hydrogen) atoms. The second kappa shape index (κ2) is 8.96. The van der Waals surface area contributed by atoms with Crippen molar-refractivity contribution in [1.29, 1.82) is 0 Å². The first kappa shape index (κ1) is 21.6. The zero-order chi connectivity index (χ0) is 22.9. The van der Waals surface area contributed by atoms with Crippen LogP contribution in [0, 0.1) is 11.8 Å². The van der Waals surface area contributed by atoms with Crippen LogP contribution >= 0.6 is 22.9 Å². The second-order valence-corrected chi connectivity index (χ2v) is 9.72. The molecule has 1 saturated carbocycles. The van der Waals surface area contributed by atoms with Crippen molar-refractivity contribution in [2.24, 2.45) is 11.8 Å². The number of rotatable bonds is 6. The topological polar surface area (TPSA) is 79.3 Å². The lowest BCUT2D eigenvalue weighted by atomic mass is 9.88. The highest BCUT2D eigenvalue weighted by atomic mass is 35.5. The fraction of sp³-hybridized carbons (Fsp3) is 0.192. The van der Waals surface area contributed by atoms with Gasteiger partial charge in [0, 0.05) is 22.2 Å². The monoisotopic (exact) mass is 476 g/mol. The van der Waals surface area contributed by atoms with Crippen LogP contribution in [0.25, 0.3) is 21.3 Å². The van der Waals surface area contributed by atoms with E-state index >= 15 is 0 Å². The van der Waals surface area contributed by atoms with E-state index in [1.54, 1.807) is 23.5 Å². The van der Waals surface area contributed by atoms with Gasteiger partial charge in [-0.25, -0.2) is 4.98 Å². The average Bonchev–Trinajstić information content (AvgIpc) is 3.46. The van der Waals surface area contributed by atoms with Crippen LogP contribution in [-0.4, -0.2) is 21.8 Å². The fourth-order valence-electron chi connectivity index (χ4n) is 4.43. The Labute approximate surface area is 200 Å². The third-order valence-electron chi connectivity index (χ3n) is 6.16. The van der Waals surface area contributed by atoms with E-state index in [0.717, 1.165) is 38.6 Å². The Hall–Kier alpha value is -3.22. The quantitative estimate of drug-likeness (QED) is 0.291. The van der Waals surface area contributed by atoms with Gasteiger partial charge in [0.25, 0.3) is 0 Å². The van der Waals surface area contributed by atoms with Crippen molar-refractivity contribution in [2.45, 2.75) is 19.3 Å². The third kappa shape index (κ3) is 4.49. The molecule has 2 atom stereocenters. The number of aromatic nitrogens is 1. The summed E-state index contributed by atoms with van der Waals surface area (Å²) in [6.07, 6.45) is 2.01. The van der Waals surface area contributed by atoms with Gasteiger partial charge in [-0.1, -0.05) is 65.8 Å². The van der Waals surface area contributed by atoms with Crippen molar-refractivity contribution < 1.29 is 14.7 Å². The molecule has 1 aliphatic carbocycles. The predicted octanol–water partition coefficient (Wildman–Crippen LogP) is 7.04. The molecule has 1 aliphatic rings. The standard InChI is InChI=1S/C26H21ClN2O3S/c27-18-10-13-22-23(14-18)33-26(29-22)28-19-11-8-16(9-12-19)15-4-6-17(7-5-15)24(30)20-2-1-3-21(20)25(31)32/h4-14,20-21H,1-3H2,(H,28,29)(H,31,32)/t20-,21?/m1/s1. The molecule has 4 aromatic rings. The molecule has 5 nitrogen and oxygen atoms in total. The van der Waals surface area contributed by atoms with E-state index in [1.165, 1.54) is 0 Å². The van der Waals surface area contributed by atoms with E-state index in [4.69, 9.17) is 11.6 Å². The summed E-state index contributed by atoms with van der Waals surface area (Å²) in [5.41, 5.74) is 4.43. The van der Waals surface area contributed by atoms with Gasteiger partial charge in [-0.3, -0.25) is 9.59 Å². The van der Waals surface area contributed by atoms with Crippen molar-refractivity contribution in [1.82, 2.24) is 4.98 Å². The highest BCUT2D eigenvalue weighted by Gasteiger charge is 2.37. The maximum Gasteiger partial charge on any atom is 0.307 e. The Balaban J connectivity index is 1.29. The number of carbonyl (C=O) groups is 2. The minimum absolute atomic E-state index is 0.0666. The number of nitrogens with zero attached hydrogens (tertiary/aromatic N) is 1. The van der Waals surface area contributed by atoms with Crippen LogP contribution in [0.4, 0.5) is 10.8 Å². The lowest BCUT2D eigenvalue weighted by Gasteiger charge is -2.14. The van der Waals surface area contributed by atoms with Crippen LogP contribution in [0.1, 0.15) is 29.6 Å². The van der Waals surface area contributed by atoms with Gasteiger partial charge >= 0.3 is 5.97 Å². The number of ketones is 1. The van der Waals surface area contributed by atoms with E-state index in [9.17, 15) is 14.7 Å². The first-order valence-corrected chi connectivity index (χ1v) is 12.0. The van der Waals surface area contributed by atoms with E-state index in [1.807, 2.05) is 54.6 Å². The van der Waals surface area contributed by atoms with Gasteiger partial charge < -0.3 is 10.4 Å². The van der Waals surface area contributed by atoms with Gasteiger partial charge in [-0.15, -0.1) is 0 Å².